The molecule has 1 saturated heterocycles. The molecule has 0 aliphatic carbocycles. The number of hydrogen-bond acceptors (Lipinski definition) is 6. The Morgan fingerprint density at radius 3 is 3.00 bits per heavy atom. The van der Waals surface area contributed by atoms with Gasteiger partial charge in [-0.05, 0) is 31.4 Å². The zero-order valence-corrected chi connectivity index (χ0v) is 10.8. The first-order valence-electron chi connectivity index (χ1n) is 6.28. The van der Waals surface area contributed by atoms with Crippen LogP contribution in [0.2, 0.25) is 0 Å². The van der Waals surface area contributed by atoms with Crippen molar-refractivity contribution in [2.45, 2.75) is 32.0 Å². The van der Waals surface area contributed by atoms with E-state index in [0.29, 0.717) is 24.6 Å². The molecule has 1 N–H and O–H groups in total. The van der Waals surface area contributed by atoms with Crippen molar-refractivity contribution >= 4 is 5.97 Å². The van der Waals surface area contributed by atoms with Crippen molar-refractivity contribution in [1.29, 1.82) is 0 Å². The molecule has 0 aromatic carbocycles. The highest BCUT2D eigenvalue weighted by Gasteiger charge is 2.34. The third kappa shape index (κ3) is 2.27. The number of aromatic nitrogens is 3. The largest absolute Gasteiger partial charge is 0.479 e. The summed E-state index contributed by atoms with van der Waals surface area (Å²) in [5, 5.41) is 12.8. The number of hydrogen-bond donors (Lipinski definition) is 1. The van der Waals surface area contributed by atoms with Crippen LogP contribution in [0.15, 0.2) is 23.0 Å². The number of pyridine rings is 1. The fourth-order valence-corrected chi connectivity index (χ4v) is 2.20. The molecule has 2 aromatic heterocycles. The summed E-state index contributed by atoms with van der Waals surface area (Å²) in [4.78, 5) is 19.2. The van der Waals surface area contributed by atoms with Crippen LogP contribution in [0.25, 0.3) is 11.4 Å². The number of carboxylic acid groups (broad SMARTS) is 1. The summed E-state index contributed by atoms with van der Waals surface area (Å²) in [5.74, 6) is -0.181. The molecule has 0 bridgehead atoms. The summed E-state index contributed by atoms with van der Waals surface area (Å²) >= 11 is 0. The number of rotatable bonds is 3. The third-order valence-corrected chi connectivity index (χ3v) is 3.27. The van der Waals surface area contributed by atoms with Crippen LogP contribution in [0.4, 0.5) is 0 Å². The molecule has 3 rings (SSSR count). The van der Waals surface area contributed by atoms with Gasteiger partial charge in [0.1, 0.15) is 6.10 Å². The van der Waals surface area contributed by atoms with Gasteiger partial charge in [0.25, 0.3) is 5.89 Å². The van der Waals surface area contributed by atoms with Crippen molar-refractivity contribution in [2.75, 3.05) is 0 Å². The predicted molar refractivity (Wildman–Crippen MR) is 66.7 cm³/mol. The van der Waals surface area contributed by atoms with Crippen LogP contribution in [0.1, 0.15) is 30.4 Å². The van der Waals surface area contributed by atoms with Gasteiger partial charge < -0.3 is 14.4 Å². The zero-order valence-electron chi connectivity index (χ0n) is 10.8. The number of carbonyl (C=O) groups is 1. The van der Waals surface area contributed by atoms with Gasteiger partial charge >= 0.3 is 5.97 Å². The van der Waals surface area contributed by atoms with Crippen molar-refractivity contribution < 1.29 is 19.2 Å². The van der Waals surface area contributed by atoms with Gasteiger partial charge in [0.15, 0.2) is 6.10 Å². The Morgan fingerprint density at radius 2 is 2.30 bits per heavy atom. The maximum Gasteiger partial charge on any atom is 0.332 e. The van der Waals surface area contributed by atoms with Gasteiger partial charge in [-0.3, -0.25) is 4.98 Å². The predicted octanol–water partition coefficient (Wildman–Crippen LogP) is 1.74. The van der Waals surface area contributed by atoms with Gasteiger partial charge in [0, 0.05) is 18.0 Å². The number of nitrogens with zero attached hydrogens (tertiary/aromatic N) is 3. The van der Waals surface area contributed by atoms with E-state index in [0.717, 1.165) is 11.1 Å². The van der Waals surface area contributed by atoms with E-state index in [1.54, 1.807) is 18.5 Å². The van der Waals surface area contributed by atoms with Crippen molar-refractivity contribution in [3.63, 3.8) is 0 Å². The molecule has 1 fully saturated rings. The number of aliphatic carboxylic acids is 1. The monoisotopic (exact) mass is 275 g/mol. The zero-order chi connectivity index (χ0) is 14.1. The lowest BCUT2D eigenvalue weighted by Gasteiger charge is -2.05. The van der Waals surface area contributed by atoms with E-state index in [-0.39, 0.29) is 0 Å². The van der Waals surface area contributed by atoms with Crippen molar-refractivity contribution in [3.05, 3.63) is 29.9 Å². The average Bonchev–Trinajstić information content (AvgIpc) is 3.08. The second kappa shape index (κ2) is 5.01. The minimum atomic E-state index is -0.961. The summed E-state index contributed by atoms with van der Waals surface area (Å²) in [7, 11) is 0. The summed E-state index contributed by atoms with van der Waals surface area (Å²) < 4.78 is 10.6. The molecule has 0 radical (unpaired) electrons. The molecular weight excluding hydrogens is 262 g/mol. The fraction of sp³-hybridized carbons (Fsp3) is 0.385. The van der Waals surface area contributed by atoms with Crippen molar-refractivity contribution in [3.8, 4) is 11.4 Å². The molecule has 2 atom stereocenters. The van der Waals surface area contributed by atoms with Crippen molar-refractivity contribution in [2.24, 2.45) is 0 Å². The quantitative estimate of drug-likeness (QED) is 0.910. The maximum atomic E-state index is 10.9. The van der Waals surface area contributed by atoms with Gasteiger partial charge in [-0.2, -0.15) is 4.98 Å². The highest BCUT2D eigenvalue weighted by Crippen LogP contribution is 2.33. The Balaban J connectivity index is 1.81. The first-order valence-corrected chi connectivity index (χ1v) is 6.28. The molecule has 0 amide bonds. The molecule has 2 unspecified atom stereocenters. The Labute approximate surface area is 114 Å². The lowest BCUT2D eigenvalue weighted by molar-refractivity contribution is -0.150. The molecule has 0 spiro atoms. The maximum absolute atomic E-state index is 10.9. The molecule has 7 nitrogen and oxygen atoms in total. The van der Waals surface area contributed by atoms with Crippen LogP contribution in [-0.4, -0.2) is 32.3 Å². The number of ether oxygens (including phenoxy) is 1. The summed E-state index contributed by atoms with van der Waals surface area (Å²) in [6.45, 7) is 1.91. The Hall–Kier alpha value is -2.28. The smallest absolute Gasteiger partial charge is 0.332 e. The molecule has 3 heterocycles. The van der Waals surface area contributed by atoms with Crippen LogP contribution in [-0.2, 0) is 9.53 Å². The second-order valence-corrected chi connectivity index (χ2v) is 4.68. The highest BCUT2D eigenvalue weighted by atomic mass is 16.5. The van der Waals surface area contributed by atoms with Crippen LogP contribution in [0.3, 0.4) is 0 Å². The highest BCUT2D eigenvalue weighted by molar-refractivity contribution is 5.72. The number of carboxylic acids is 1. The molecule has 1 aliphatic heterocycles. The average molecular weight is 275 g/mol. The van der Waals surface area contributed by atoms with Gasteiger partial charge in [0.05, 0.1) is 0 Å². The van der Waals surface area contributed by atoms with E-state index in [2.05, 4.69) is 15.1 Å². The van der Waals surface area contributed by atoms with Crippen LogP contribution >= 0.6 is 0 Å². The minimum Gasteiger partial charge on any atom is -0.479 e. The second-order valence-electron chi connectivity index (χ2n) is 4.68. The first-order chi connectivity index (χ1) is 9.65. The van der Waals surface area contributed by atoms with Gasteiger partial charge in [0.2, 0.25) is 5.82 Å². The Bertz CT molecular complexity index is 640. The van der Waals surface area contributed by atoms with E-state index >= 15 is 0 Å². The van der Waals surface area contributed by atoms with Crippen LogP contribution in [0.5, 0.6) is 0 Å². The molecule has 104 valence electrons. The third-order valence-electron chi connectivity index (χ3n) is 3.27. The summed E-state index contributed by atoms with van der Waals surface area (Å²) in [5.41, 5.74) is 1.78. The van der Waals surface area contributed by atoms with Gasteiger partial charge in [-0.15, -0.1) is 0 Å². The standard InChI is InChI=1S/C13H13N3O4/c1-7-6-14-5-4-8(7)11-15-12(20-16-11)9-2-3-10(19-9)13(17)18/h4-6,9-10H,2-3H2,1H3,(H,17,18). The molecule has 2 aromatic rings. The molecule has 1 aliphatic rings. The molecule has 20 heavy (non-hydrogen) atoms. The van der Waals surface area contributed by atoms with Gasteiger partial charge in [-0.1, -0.05) is 5.16 Å². The van der Waals surface area contributed by atoms with Crippen molar-refractivity contribution in [1.82, 2.24) is 15.1 Å². The normalized spacial score (nSPS) is 22.1. The van der Waals surface area contributed by atoms with E-state index in [1.807, 2.05) is 6.92 Å². The molecular formula is C13H13N3O4. The fourth-order valence-electron chi connectivity index (χ4n) is 2.20. The Kier molecular flexibility index (Phi) is 3.19. The summed E-state index contributed by atoms with van der Waals surface area (Å²) in [6, 6.07) is 1.81. The minimum absolute atomic E-state index is 0.319. The van der Waals surface area contributed by atoms with Gasteiger partial charge in [-0.25, -0.2) is 4.79 Å². The lowest BCUT2D eigenvalue weighted by atomic mass is 10.1. The molecule has 7 heteroatoms. The van der Waals surface area contributed by atoms with E-state index in [9.17, 15) is 4.79 Å². The van der Waals surface area contributed by atoms with E-state index in [1.165, 1.54) is 0 Å². The van der Waals surface area contributed by atoms with Crippen LogP contribution in [0, 0.1) is 6.92 Å². The summed E-state index contributed by atoms with van der Waals surface area (Å²) in [6.07, 6.45) is 3.15. The van der Waals surface area contributed by atoms with E-state index in [4.69, 9.17) is 14.4 Å². The lowest BCUT2D eigenvalue weighted by Crippen LogP contribution is -2.18. The molecule has 0 saturated carbocycles. The number of aryl methyl sites for hydroxylation is 1. The SMILES string of the molecule is Cc1cnccc1-c1noc(C2CCC(C(=O)O)O2)n1. The van der Waals surface area contributed by atoms with Crippen LogP contribution < -0.4 is 0 Å². The Morgan fingerprint density at radius 1 is 1.45 bits per heavy atom. The first kappa shape index (κ1) is 12.7. The van der Waals surface area contributed by atoms with E-state index < -0.39 is 18.2 Å². The topological polar surface area (TPSA) is 98.3 Å².